The van der Waals surface area contributed by atoms with Gasteiger partial charge in [-0.25, -0.2) is 0 Å². The molecular weight excluding hydrogens is 328 g/mol. The van der Waals surface area contributed by atoms with Gasteiger partial charge in [0, 0.05) is 12.1 Å². The number of ether oxygens (including phenoxy) is 1. The highest BCUT2D eigenvalue weighted by Crippen LogP contribution is 2.22. The molecule has 2 aromatic rings. The van der Waals surface area contributed by atoms with E-state index in [0.717, 1.165) is 16.9 Å². The molecule has 0 saturated heterocycles. The van der Waals surface area contributed by atoms with Crippen molar-refractivity contribution in [2.24, 2.45) is 0 Å². The van der Waals surface area contributed by atoms with Crippen LogP contribution >= 0.6 is 0 Å². The van der Waals surface area contributed by atoms with Crippen molar-refractivity contribution in [1.82, 2.24) is 10.6 Å². The van der Waals surface area contributed by atoms with E-state index < -0.39 is 0 Å². The molecule has 5 nitrogen and oxygen atoms in total. The smallest absolute Gasteiger partial charge is 0.251 e. The summed E-state index contributed by atoms with van der Waals surface area (Å²) >= 11 is 0. The van der Waals surface area contributed by atoms with Crippen LogP contribution in [0.1, 0.15) is 42.3 Å². The van der Waals surface area contributed by atoms with Crippen molar-refractivity contribution >= 4 is 11.8 Å². The molecule has 0 aliphatic heterocycles. The summed E-state index contributed by atoms with van der Waals surface area (Å²) in [4.78, 5) is 24.1. The molecule has 0 aliphatic rings. The Hall–Kier alpha value is -2.82. The van der Waals surface area contributed by atoms with Gasteiger partial charge in [-0.05, 0) is 40.8 Å². The van der Waals surface area contributed by atoms with Crippen molar-refractivity contribution in [3.8, 4) is 5.75 Å². The number of carbonyl (C=O) groups excluding carboxylic acids is 2. The topological polar surface area (TPSA) is 67.4 Å². The van der Waals surface area contributed by atoms with E-state index in [1.807, 2.05) is 36.4 Å². The Kier molecular flexibility index (Phi) is 6.39. The summed E-state index contributed by atoms with van der Waals surface area (Å²) in [5, 5.41) is 5.42. The van der Waals surface area contributed by atoms with Gasteiger partial charge in [0.25, 0.3) is 5.91 Å². The van der Waals surface area contributed by atoms with Gasteiger partial charge in [0.05, 0.1) is 13.7 Å². The second-order valence-electron chi connectivity index (χ2n) is 7.14. The summed E-state index contributed by atoms with van der Waals surface area (Å²) in [6, 6.07) is 14.9. The van der Waals surface area contributed by atoms with Crippen molar-refractivity contribution in [2.75, 3.05) is 13.7 Å². The fraction of sp³-hybridized carbons (Fsp3) is 0.333. The standard InChI is InChI=1S/C21H26N2O3/c1-21(2,3)17-10-8-16(9-11-17)20(25)23-14-19(24)22-13-15-6-5-7-18(12-15)26-4/h5-12H,13-14H2,1-4H3,(H,22,24)(H,23,25). The second-order valence-corrected chi connectivity index (χ2v) is 7.14. The average molecular weight is 354 g/mol. The number of amides is 2. The zero-order chi connectivity index (χ0) is 19.2. The molecule has 0 aromatic heterocycles. The van der Waals surface area contributed by atoms with Gasteiger partial charge >= 0.3 is 0 Å². The van der Waals surface area contributed by atoms with Crippen molar-refractivity contribution in [2.45, 2.75) is 32.7 Å². The molecule has 2 amide bonds. The molecule has 0 radical (unpaired) electrons. The van der Waals surface area contributed by atoms with Gasteiger partial charge in [-0.2, -0.15) is 0 Å². The van der Waals surface area contributed by atoms with Gasteiger partial charge in [0.2, 0.25) is 5.91 Å². The van der Waals surface area contributed by atoms with Crippen molar-refractivity contribution in [3.05, 3.63) is 65.2 Å². The van der Waals surface area contributed by atoms with Crippen LogP contribution in [0.2, 0.25) is 0 Å². The average Bonchev–Trinajstić information content (AvgIpc) is 2.64. The largest absolute Gasteiger partial charge is 0.497 e. The first-order valence-electron chi connectivity index (χ1n) is 8.58. The van der Waals surface area contributed by atoms with Crippen LogP contribution in [-0.2, 0) is 16.8 Å². The predicted molar refractivity (Wildman–Crippen MR) is 102 cm³/mol. The van der Waals surface area contributed by atoms with Crippen LogP contribution in [0.5, 0.6) is 5.75 Å². The van der Waals surface area contributed by atoms with Crippen molar-refractivity contribution < 1.29 is 14.3 Å². The van der Waals surface area contributed by atoms with Crippen LogP contribution in [0.15, 0.2) is 48.5 Å². The summed E-state index contributed by atoms with van der Waals surface area (Å²) < 4.78 is 5.15. The van der Waals surface area contributed by atoms with E-state index in [1.54, 1.807) is 19.2 Å². The van der Waals surface area contributed by atoms with Gasteiger partial charge < -0.3 is 15.4 Å². The lowest BCUT2D eigenvalue weighted by atomic mass is 9.87. The normalized spacial score (nSPS) is 10.9. The summed E-state index contributed by atoms with van der Waals surface area (Å²) in [5.41, 5.74) is 2.67. The van der Waals surface area contributed by atoms with E-state index in [-0.39, 0.29) is 23.8 Å². The molecule has 138 valence electrons. The Balaban J connectivity index is 1.82. The first kappa shape index (κ1) is 19.5. The Bertz CT molecular complexity index is 762. The number of hydrogen-bond acceptors (Lipinski definition) is 3. The molecule has 0 aliphatic carbocycles. The van der Waals surface area contributed by atoms with Crippen LogP contribution in [0.4, 0.5) is 0 Å². The third-order valence-electron chi connectivity index (χ3n) is 4.05. The van der Waals surface area contributed by atoms with Crippen molar-refractivity contribution in [1.29, 1.82) is 0 Å². The fourth-order valence-electron chi connectivity index (χ4n) is 2.43. The lowest BCUT2D eigenvalue weighted by molar-refractivity contribution is -0.120. The quantitative estimate of drug-likeness (QED) is 0.838. The number of nitrogens with one attached hydrogen (secondary N) is 2. The zero-order valence-corrected chi connectivity index (χ0v) is 15.8. The molecule has 26 heavy (non-hydrogen) atoms. The summed E-state index contributed by atoms with van der Waals surface area (Å²) in [6.45, 7) is 6.67. The third kappa shape index (κ3) is 5.62. The van der Waals surface area contributed by atoms with E-state index >= 15 is 0 Å². The molecule has 2 N–H and O–H groups in total. The van der Waals surface area contributed by atoms with Gasteiger partial charge in [-0.3, -0.25) is 9.59 Å². The zero-order valence-electron chi connectivity index (χ0n) is 15.8. The minimum absolute atomic E-state index is 0.0367. The van der Waals surface area contributed by atoms with E-state index in [9.17, 15) is 9.59 Å². The fourth-order valence-corrected chi connectivity index (χ4v) is 2.43. The van der Waals surface area contributed by atoms with E-state index in [2.05, 4.69) is 31.4 Å². The highest BCUT2D eigenvalue weighted by atomic mass is 16.5. The molecule has 2 rings (SSSR count). The predicted octanol–water partition coefficient (Wildman–Crippen LogP) is 3.04. The SMILES string of the molecule is COc1cccc(CNC(=O)CNC(=O)c2ccc(C(C)(C)C)cc2)c1. The van der Waals surface area contributed by atoms with E-state index in [1.165, 1.54) is 0 Å². The van der Waals surface area contributed by atoms with Gasteiger partial charge in [0.1, 0.15) is 5.75 Å². The summed E-state index contributed by atoms with van der Waals surface area (Å²) in [5.74, 6) is 0.234. The summed E-state index contributed by atoms with van der Waals surface area (Å²) in [6.07, 6.45) is 0. The maximum Gasteiger partial charge on any atom is 0.251 e. The molecule has 0 atom stereocenters. The maximum atomic E-state index is 12.2. The molecule has 0 spiro atoms. The van der Waals surface area contributed by atoms with E-state index in [0.29, 0.717) is 12.1 Å². The lowest BCUT2D eigenvalue weighted by Gasteiger charge is -2.19. The molecule has 0 saturated carbocycles. The molecule has 0 heterocycles. The Labute approximate surface area is 154 Å². The third-order valence-corrected chi connectivity index (χ3v) is 4.05. The molecule has 0 bridgehead atoms. The van der Waals surface area contributed by atoms with Crippen LogP contribution in [-0.4, -0.2) is 25.5 Å². The molecule has 2 aromatic carbocycles. The lowest BCUT2D eigenvalue weighted by Crippen LogP contribution is -2.36. The monoisotopic (exact) mass is 354 g/mol. The number of rotatable bonds is 6. The first-order chi connectivity index (χ1) is 12.3. The molecular formula is C21H26N2O3. The van der Waals surface area contributed by atoms with Gasteiger partial charge in [-0.15, -0.1) is 0 Å². The Morgan fingerprint density at radius 1 is 1.00 bits per heavy atom. The molecule has 5 heteroatoms. The minimum Gasteiger partial charge on any atom is -0.497 e. The summed E-state index contributed by atoms with van der Waals surface area (Å²) in [7, 11) is 1.60. The number of hydrogen-bond donors (Lipinski definition) is 2. The Morgan fingerprint density at radius 2 is 1.69 bits per heavy atom. The van der Waals surface area contributed by atoms with Crippen LogP contribution in [0.3, 0.4) is 0 Å². The first-order valence-corrected chi connectivity index (χ1v) is 8.58. The van der Waals surface area contributed by atoms with Gasteiger partial charge in [0.15, 0.2) is 0 Å². The number of methoxy groups -OCH3 is 1. The molecule has 0 unspecified atom stereocenters. The van der Waals surface area contributed by atoms with Gasteiger partial charge in [-0.1, -0.05) is 45.0 Å². The highest BCUT2D eigenvalue weighted by Gasteiger charge is 2.14. The number of benzene rings is 2. The minimum atomic E-state index is -0.262. The molecule has 0 fully saturated rings. The van der Waals surface area contributed by atoms with Crippen molar-refractivity contribution in [3.63, 3.8) is 0 Å². The number of carbonyl (C=O) groups is 2. The maximum absolute atomic E-state index is 12.2. The highest BCUT2D eigenvalue weighted by molar-refractivity contribution is 5.96. The van der Waals surface area contributed by atoms with Crippen LogP contribution < -0.4 is 15.4 Å². The van der Waals surface area contributed by atoms with Crippen LogP contribution in [0, 0.1) is 0 Å². The second kappa shape index (κ2) is 8.52. The van der Waals surface area contributed by atoms with Crippen LogP contribution in [0.25, 0.3) is 0 Å². The van der Waals surface area contributed by atoms with E-state index in [4.69, 9.17) is 4.74 Å². The Morgan fingerprint density at radius 3 is 2.31 bits per heavy atom.